The van der Waals surface area contributed by atoms with Gasteiger partial charge in [0.1, 0.15) is 11.8 Å². The van der Waals surface area contributed by atoms with Gasteiger partial charge >= 0.3 is 0 Å². The fourth-order valence-electron chi connectivity index (χ4n) is 5.67. The molecule has 1 aliphatic heterocycles. The zero-order chi connectivity index (χ0) is 29.4. The van der Waals surface area contributed by atoms with Crippen molar-refractivity contribution in [1.82, 2.24) is 20.5 Å². The largest absolute Gasteiger partial charge is 0.497 e. The van der Waals surface area contributed by atoms with Crippen LogP contribution in [0.15, 0.2) is 48.5 Å². The number of aryl methyl sites for hydroxylation is 1. The summed E-state index contributed by atoms with van der Waals surface area (Å²) in [7, 11) is 3.78. The van der Waals surface area contributed by atoms with Crippen LogP contribution < -0.4 is 15.4 Å². The number of aromatic nitrogens is 1. The minimum absolute atomic E-state index is 0.120. The SMILES string of the molecule is CCCCc1ccc2nc(-c3ccc(OC)cc3)cc(C(=O)NC(CC(C)C)C(=O)NCCC3CCCN3C)c2c1. The number of nitrogens with one attached hydrogen (secondary N) is 2. The van der Waals surface area contributed by atoms with E-state index in [2.05, 4.69) is 55.5 Å². The minimum Gasteiger partial charge on any atom is -0.497 e. The molecule has 2 aromatic carbocycles. The average molecular weight is 559 g/mol. The Morgan fingerprint density at radius 2 is 1.90 bits per heavy atom. The highest BCUT2D eigenvalue weighted by Gasteiger charge is 2.25. The fraction of sp³-hybridized carbons (Fsp3) is 0.500. The summed E-state index contributed by atoms with van der Waals surface area (Å²) in [6, 6.07) is 15.6. The summed E-state index contributed by atoms with van der Waals surface area (Å²) < 4.78 is 5.32. The molecule has 220 valence electrons. The Balaban J connectivity index is 1.61. The first kappa shape index (κ1) is 30.5. The number of pyridine rings is 1. The molecule has 4 rings (SSSR count). The number of methoxy groups -OCH3 is 1. The van der Waals surface area contributed by atoms with Crippen molar-refractivity contribution in [3.05, 3.63) is 59.7 Å². The van der Waals surface area contributed by atoms with Gasteiger partial charge in [-0.1, -0.05) is 33.3 Å². The highest BCUT2D eigenvalue weighted by molar-refractivity contribution is 6.08. The van der Waals surface area contributed by atoms with Gasteiger partial charge in [-0.3, -0.25) is 9.59 Å². The number of carbonyl (C=O) groups is 2. The molecule has 0 bridgehead atoms. The maximum atomic E-state index is 13.9. The molecule has 1 aliphatic rings. The second kappa shape index (κ2) is 14.4. The summed E-state index contributed by atoms with van der Waals surface area (Å²) in [4.78, 5) is 34.5. The molecule has 1 saturated heterocycles. The number of likely N-dealkylation sites (tertiary alicyclic amines) is 1. The quantitative estimate of drug-likeness (QED) is 0.269. The topological polar surface area (TPSA) is 83.6 Å². The maximum absolute atomic E-state index is 13.9. The maximum Gasteiger partial charge on any atom is 0.252 e. The summed E-state index contributed by atoms with van der Waals surface area (Å²) >= 11 is 0. The molecule has 2 unspecified atom stereocenters. The van der Waals surface area contributed by atoms with Gasteiger partial charge in [0.2, 0.25) is 5.91 Å². The van der Waals surface area contributed by atoms with Crippen LogP contribution in [0, 0.1) is 5.92 Å². The number of hydrogen-bond acceptors (Lipinski definition) is 5. The summed E-state index contributed by atoms with van der Waals surface area (Å²) in [5.74, 6) is 0.632. The van der Waals surface area contributed by atoms with E-state index in [0.29, 0.717) is 30.3 Å². The molecule has 0 saturated carbocycles. The van der Waals surface area contributed by atoms with Crippen LogP contribution in [0.25, 0.3) is 22.2 Å². The number of hydrogen-bond donors (Lipinski definition) is 2. The van der Waals surface area contributed by atoms with Gasteiger partial charge in [0.25, 0.3) is 5.91 Å². The van der Waals surface area contributed by atoms with Gasteiger partial charge < -0.3 is 20.3 Å². The highest BCUT2D eigenvalue weighted by Crippen LogP contribution is 2.28. The summed E-state index contributed by atoms with van der Waals surface area (Å²) in [5.41, 5.74) is 4.07. The lowest BCUT2D eigenvalue weighted by atomic mass is 9.98. The third kappa shape index (κ3) is 8.07. The smallest absolute Gasteiger partial charge is 0.252 e. The van der Waals surface area contributed by atoms with E-state index in [1.807, 2.05) is 36.4 Å². The Bertz CT molecular complexity index is 1320. The van der Waals surface area contributed by atoms with Gasteiger partial charge in [-0.25, -0.2) is 4.98 Å². The molecule has 41 heavy (non-hydrogen) atoms. The second-order valence-electron chi connectivity index (χ2n) is 11.8. The predicted molar refractivity (Wildman–Crippen MR) is 166 cm³/mol. The monoisotopic (exact) mass is 558 g/mol. The molecular weight excluding hydrogens is 512 g/mol. The summed E-state index contributed by atoms with van der Waals surface area (Å²) in [5, 5.41) is 7.01. The van der Waals surface area contributed by atoms with Crippen molar-refractivity contribution in [1.29, 1.82) is 0 Å². The Morgan fingerprint density at radius 3 is 2.56 bits per heavy atom. The second-order valence-corrected chi connectivity index (χ2v) is 11.8. The first-order chi connectivity index (χ1) is 19.8. The highest BCUT2D eigenvalue weighted by atomic mass is 16.5. The van der Waals surface area contributed by atoms with Crippen molar-refractivity contribution < 1.29 is 14.3 Å². The van der Waals surface area contributed by atoms with E-state index in [0.717, 1.165) is 54.4 Å². The molecule has 3 aromatic rings. The number of ether oxygens (including phenoxy) is 1. The van der Waals surface area contributed by atoms with Crippen LogP contribution in [-0.2, 0) is 11.2 Å². The van der Waals surface area contributed by atoms with Gasteiger partial charge in [-0.2, -0.15) is 0 Å². The molecule has 1 aromatic heterocycles. The van der Waals surface area contributed by atoms with Crippen molar-refractivity contribution in [3.63, 3.8) is 0 Å². The van der Waals surface area contributed by atoms with E-state index in [1.165, 1.54) is 18.4 Å². The summed E-state index contributed by atoms with van der Waals surface area (Å²) in [6.07, 6.45) is 7.00. The molecular formula is C34H46N4O3. The number of amides is 2. The first-order valence-corrected chi connectivity index (χ1v) is 15.2. The van der Waals surface area contributed by atoms with E-state index in [1.54, 1.807) is 7.11 Å². The molecule has 7 nitrogen and oxygen atoms in total. The van der Waals surface area contributed by atoms with E-state index in [-0.39, 0.29) is 17.7 Å². The zero-order valence-electron chi connectivity index (χ0n) is 25.3. The lowest BCUT2D eigenvalue weighted by Crippen LogP contribution is -2.48. The van der Waals surface area contributed by atoms with E-state index in [9.17, 15) is 9.59 Å². The number of benzene rings is 2. The lowest BCUT2D eigenvalue weighted by molar-refractivity contribution is -0.123. The zero-order valence-corrected chi connectivity index (χ0v) is 25.3. The van der Waals surface area contributed by atoms with Crippen LogP contribution in [-0.4, -0.2) is 61.0 Å². The molecule has 2 amide bonds. The summed E-state index contributed by atoms with van der Waals surface area (Å²) in [6.45, 7) is 8.05. The number of rotatable bonds is 13. The first-order valence-electron chi connectivity index (χ1n) is 15.2. The predicted octanol–water partition coefficient (Wildman–Crippen LogP) is 6.00. The van der Waals surface area contributed by atoms with Crippen molar-refractivity contribution in [2.45, 2.75) is 77.8 Å². The van der Waals surface area contributed by atoms with Crippen LogP contribution in [0.4, 0.5) is 0 Å². The molecule has 2 N–H and O–H groups in total. The molecule has 0 spiro atoms. The standard InChI is InChI=1S/C34H46N4O3/c1-6-7-9-24-11-16-30-28(21-24)29(22-31(36-30)25-12-14-27(41-5)15-13-25)33(39)37-32(20-23(2)3)34(40)35-18-17-26-10-8-19-38(26)4/h11-16,21-23,26,32H,6-10,17-20H2,1-5H3,(H,35,40)(H,37,39). The van der Waals surface area contributed by atoms with Gasteiger partial charge in [-0.15, -0.1) is 0 Å². The third-order valence-electron chi connectivity index (χ3n) is 8.10. The van der Waals surface area contributed by atoms with Crippen LogP contribution in [0.1, 0.15) is 75.2 Å². The van der Waals surface area contributed by atoms with E-state index < -0.39 is 6.04 Å². The molecule has 0 aliphatic carbocycles. The lowest BCUT2D eigenvalue weighted by Gasteiger charge is -2.23. The van der Waals surface area contributed by atoms with Gasteiger partial charge in [0.05, 0.1) is 23.9 Å². The fourth-order valence-corrected chi connectivity index (χ4v) is 5.67. The van der Waals surface area contributed by atoms with Crippen molar-refractivity contribution in [2.75, 3.05) is 27.2 Å². The van der Waals surface area contributed by atoms with Gasteiger partial charge in [0, 0.05) is 23.5 Å². The third-order valence-corrected chi connectivity index (χ3v) is 8.10. The van der Waals surface area contributed by atoms with Crippen molar-refractivity contribution >= 4 is 22.7 Å². The van der Waals surface area contributed by atoms with Crippen molar-refractivity contribution in [3.8, 4) is 17.0 Å². The Morgan fingerprint density at radius 1 is 1.12 bits per heavy atom. The Kier molecular flexibility index (Phi) is 10.7. The van der Waals surface area contributed by atoms with Crippen molar-refractivity contribution in [2.24, 2.45) is 5.92 Å². The molecule has 2 heterocycles. The molecule has 0 radical (unpaired) electrons. The Labute approximate surface area is 245 Å². The van der Waals surface area contributed by atoms with Crippen LogP contribution >= 0.6 is 0 Å². The Hall–Kier alpha value is -3.45. The number of fused-ring (bicyclic) bond motifs is 1. The normalized spacial score (nSPS) is 16.2. The molecule has 7 heteroatoms. The van der Waals surface area contributed by atoms with Gasteiger partial charge in [0.15, 0.2) is 0 Å². The average Bonchev–Trinajstić information content (AvgIpc) is 3.38. The van der Waals surface area contributed by atoms with Gasteiger partial charge in [-0.05, 0) is 106 Å². The van der Waals surface area contributed by atoms with E-state index in [4.69, 9.17) is 9.72 Å². The number of nitrogens with zero attached hydrogens (tertiary/aromatic N) is 2. The minimum atomic E-state index is -0.611. The van der Waals surface area contributed by atoms with Crippen LogP contribution in [0.3, 0.4) is 0 Å². The number of carbonyl (C=O) groups excluding carboxylic acids is 2. The van der Waals surface area contributed by atoms with Crippen LogP contribution in [0.5, 0.6) is 5.75 Å². The van der Waals surface area contributed by atoms with Crippen LogP contribution in [0.2, 0.25) is 0 Å². The molecule has 2 atom stereocenters. The molecule has 1 fully saturated rings. The number of unbranched alkanes of at least 4 members (excludes halogenated alkanes) is 1. The van der Waals surface area contributed by atoms with E-state index >= 15 is 0 Å².